The van der Waals surface area contributed by atoms with Crippen molar-refractivity contribution in [1.29, 1.82) is 0 Å². The molecule has 1 aromatic carbocycles. The molecule has 140 valence electrons. The predicted molar refractivity (Wildman–Crippen MR) is 105 cm³/mol. The van der Waals surface area contributed by atoms with Gasteiger partial charge in [0.05, 0.1) is 16.6 Å². The minimum absolute atomic E-state index is 0.0113. The van der Waals surface area contributed by atoms with Crippen molar-refractivity contribution in [3.05, 3.63) is 52.0 Å². The molecule has 3 rings (SSSR count). The van der Waals surface area contributed by atoms with Crippen LogP contribution in [-0.2, 0) is 13.1 Å². The summed E-state index contributed by atoms with van der Waals surface area (Å²) in [6, 6.07) is 5.60. The highest BCUT2D eigenvalue weighted by Gasteiger charge is 2.27. The summed E-state index contributed by atoms with van der Waals surface area (Å²) in [5, 5.41) is 4.07. The molecule has 0 spiro atoms. The molecule has 0 bridgehead atoms. The van der Waals surface area contributed by atoms with Crippen molar-refractivity contribution in [1.82, 2.24) is 19.8 Å². The molecule has 0 atom stereocenters. The molecular formula is C19H24Cl2N4O. The topological polar surface area (TPSA) is 50.2 Å². The third-order valence-corrected chi connectivity index (χ3v) is 5.20. The van der Waals surface area contributed by atoms with Gasteiger partial charge in [0, 0.05) is 32.0 Å². The molecule has 7 heteroatoms. The van der Waals surface area contributed by atoms with E-state index in [1.165, 1.54) is 12.8 Å². The van der Waals surface area contributed by atoms with E-state index in [1.54, 1.807) is 12.3 Å². The van der Waals surface area contributed by atoms with Crippen LogP contribution in [0.3, 0.4) is 0 Å². The Hall–Kier alpha value is -1.72. The Labute approximate surface area is 164 Å². The Morgan fingerprint density at radius 1 is 1.35 bits per heavy atom. The molecule has 1 N–H and O–H groups in total. The molecule has 26 heavy (non-hydrogen) atoms. The SMILES string of the molecule is CCCNC(=O)N(Cc1nccn1Cc1ccc(Cl)c(Cl)c1)CC1CC1. The zero-order valence-electron chi connectivity index (χ0n) is 14.9. The number of hydrogen-bond acceptors (Lipinski definition) is 2. The molecule has 1 fully saturated rings. The summed E-state index contributed by atoms with van der Waals surface area (Å²) in [6.07, 6.45) is 7.03. The van der Waals surface area contributed by atoms with E-state index < -0.39 is 0 Å². The number of carbonyl (C=O) groups is 1. The first-order valence-electron chi connectivity index (χ1n) is 9.03. The van der Waals surface area contributed by atoms with Gasteiger partial charge in [-0.15, -0.1) is 0 Å². The minimum atomic E-state index is -0.0113. The molecule has 1 saturated carbocycles. The van der Waals surface area contributed by atoms with E-state index in [1.807, 2.05) is 27.8 Å². The second kappa shape index (κ2) is 8.78. The van der Waals surface area contributed by atoms with Crippen LogP contribution in [0.25, 0.3) is 0 Å². The normalized spacial score (nSPS) is 13.7. The number of rotatable bonds is 8. The van der Waals surface area contributed by atoms with Crippen LogP contribution in [0.2, 0.25) is 10.0 Å². The fourth-order valence-corrected chi connectivity index (χ4v) is 3.14. The Balaban J connectivity index is 1.70. The highest BCUT2D eigenvalue weighted by Crippen LogP contribution is 2.30. The van der Waals surface area contributed by atoms with Crippen LogP contribution in [0.15, 0.2) is 30.6 Å². The summed E-state index contributed by atoms with van der Waals surface area (Å²) in [5.74, 6) is 1.49. The predicted octanol–water partition coefficient (Wildman–Crippen LogP) is 4.57. The quantitative estimate of drug-likeness (QED) is 0.712. The summed E-state index contributed by atoms with van der Waals surface area (Å²) >= 11 is 12.1. The van der Waals surface area contributed by atoms with Crippen molar-refractivity contribution in [2.45, 2.75) is 39.3 Å². The summed E-state index contributed by atoms with van der Waals surface area (Å²) in [4.78, 5) is 18.8. The number of aromatic nitrogens is 2. The van der Waals surface area contributed by atoms with Crippen LogP contribution in [0, 0.1) is 5.92 Å². The average Bonchev–Trinajstić information content (AvgIpc) is 3.34. The van der Waals surface area contributed by atoms with Gasteiger partial charge in [0.1, 0.15) is 5.82 Å². The number of nitrogens with zero attached hydrogens (tertiary/aromatic N) is 3. The number of benzene rings is 1. The van der Waals surface area contributed by atoms with E-state index in [9.17, 15) is 4.79 Å². The number of hydrogen-bond donors (Lipinski definition) is 1. The molecule has 0 saturated heterocycles. The molecule has 0 radical (unpaired) electrons. The molecule has 5 nitrogen and oxygen atoms in total. The summed E-state index contributed by atoms with van der Waals surface area (Å²) in [6.45, 7) is 4.67. The lowest BCUT2D eigenvalue weighted by Gasteiger charge is -2.23. The van der Waals surface area contributed by atoms with Crippen LogP contribution in [0.5, 0.6) is 0 Å². The maximum absolute atomic E-state index is 12.5. The first-order valence-corrected chi connectivity index (χ1v) is 9.79. The van der Waals surface area contributed by atoms with Gasteiger partial charge in [-0.25, -0.2) is 9.78 Å². The Bertz CT molecular complexity index is 758. The average molecular weight is 395 g/mol. The Morgan fingerprint density at radius 3 is 2.85 bits per heavy atom. The van der Waals surface area contributed by atoms with E-state index in [0.717, 1.165) is 24.4 Å². The van der Waals surface area contributed by atoms with Gasteiger partial charge in [-0.1, -0.05) is 36.2 Å². The molecule has 1 heterocycles. The first-order chi connectivity index (χ1) is 12.6. The van der Waals surface area contributed by atoms with Crippen LogP contribution in [0.1, 0.15) is 37.6 Å². The molecule has 2 amide bonds. The monoisotopic (exact) mass is 394 g/mol. The molecule has 2 aromatic rings. The van der Waals surface area contributed by atoms with Gasteiger partial charge in [-0.05, 0) is 42.9 Å². The van der Waals surface area contributed by atoms with Gasteiger partial charge in [0.25, 0.3) is 0 Å². The number of nitrogens with one attached hydrogen (secondary N) is 1. The highest BCUT2D eigenvalue weighted by molar-refractivity contribution is 6.42. The number of carbonyl (C=O) groups excluding carboxylic acids is 1. The lowest BCUT2D eigenvalue weighted by molar-refractivity contribution is 0.190. The standard InChI is InChI=1S/C19H24Cl2N4O/c1-2-7-23-19(26)25(11-14-3-4-14)13-18-22-8-9-24(18)12-15-5-6-16(20)17(21)10-15/h5-6,8-10,14H,2-4,7,11-13H2,1H3,(H,23,26). The zero-order valence-corrected chi connectivity index (χ0v) is 16.4. The number of halogens is 2. The van der Waals surface area contributed by atoms with Gasteiger partial charge in [-0.2, -0.15) is 0 Å². The zero-order chi connectivity index (χ0) is 18.5. The van der Waals surface area contributed by atoms with Gasteiger partial charge < -0.3 is 14.8 Å². The fraction of sp³-hybridized carbons (Fsp3) is 0.474. The second-order valence-electron chi connectivity index (χ2n) is 6.78. The van der Waals surface area contributed by atoms with Gasteiger partial charge in [0.2, 0.25) is 0 Å². The van der Waals surface area contributed by atoms with Crippen molar-refractivity contribution in [2.24, 2.45) is 5.92 Å². The molecule has 1 aliphatic rings. The fourth-order valence-electron chi connectivity index (χ4n) is 2.82. The third-order valence-electron chi connectivity index (χ3n) is 4.46. The minimum Gasteiger partial charge on any atom is -0.338 e. The number of amides is 2. The molecule has 1 aromatic heterocycles. The first kappa shape index (κ1) is 19.1. The number of imidazole rings is 1. The van der Waals surface area contributed by atoms with Crippen molar-refractivity contribution in [2.75, 3.05) is 13.1 Å². The maximum Gasteiger partial charge on any atom is 0.317 e. The van der Waals surface area contributed by atoms with E-state index >= 15 is 0 Å². The van der Waals surface area contributed by atoms with E-state index in [4.69, 9.17) is 23.2 Å². The van der Waals surface area contributed by atoms with Crippen LogP contribution in [0.4, 0.5) is 4.79 Å². The summed E-state index contributed by atoms with van der Waals surface area (Å²) in [5.41, 5.74) is 1.04. The smallest absolute Gasteiger partial charge is 0.317 e. The van der Waals surface area contributed by atoms with E-state index in [0.29, 0.717) is 35.6 Å². The molecule has 1 aliphatic carbocycles. The number of urea groups is 1. The van der Waals surface area contributed by atoms with Crippen LogP contribution < -0.4 is 5.32 Å². The maximum atomic E-state index is 12.5. The summed E-state index contributed by atoms with van der Waals surface area (Å²) in [7, 11) is 0. The van der Waals surface area contributed by atoms with Gasteiger partial charge in [0.15, 0.2) is 0 Å². The highest BCUT2D eigenvalue weighted by atomic mass is 35.5. The van der Waals surface area contributed by atoms with Crippen molar-refractivity contribution in [3.8, 4) is 0 Å². The van der Waals surface area contributed by atoms with Crippen LogP contribution >= 0.6 is 23.2 Å². The third kappa shape index (κ3) is 5.15. The van der Waals surface area contributed by atoms with Crippen molar-refractivity contribution >= 4 is 29.2 Å². The largest absolute Gasteiger partial charge is 0.338 e. The molecular weight excluding hydrogens is 371 g/mol. The molecule has 0 unspecified atom stereocenters. The van der Waals surface area contributed by atoms with Crippen LogP contribution in [-0.4, -0.2) is 33.6 Å². The lowest BCUT2D eigenvalue weighted by Crippen LogP contribution is -2.41. The summed E-state index contributed by atoms with van der Waals surface area (Å²) < 4.78 is 2.05. The Morgan fingerprint density at radius 2 is 2.15 bits per heavy atom. The second-order valence-corrected chi connectivity index (χ2v) is 7.59. The Kier molecular flexibility index (Phi) is 6.43. The van der Waals surface area contributed by atoms with E-state index in [-0.39, 0.29) is 6.03 Å². The van der Waals surface area contributed by atoms with Crippen molar-refractivity contribution < 1.29 is 4.79 Å². The van der Waals surface area contributed by atoms with Gasteiger partial charge >= 0.3 is 6.03 Å². The lowest BCUT2D eigenvalue weighted by atomic mass is 10.2. The molecule has 0 aliphatic heterocycles. The van der Waals surface area contributed by atoms with E-state index in [2.05, 4.69) is 17.2 Å². The van der Waals surface area contributed by atoms with Gasteiger partial charge in [-0.3, -0.25) is 0 Å². The van der Waals surface area contributed by atoms with Crippen molar-refractivity contribution in [3.63, 3.8) is 0 Å².